The van der Waals surface area contributed by atoms with Gasteiger partial charge in [0.1, 0.15) is 5.82 Å². The van der Waals surface area contributed by atoms with Gasteiger partial charge in [-0.25, -0.2) is 13.2 Å². The highest BCUT2D eigenvalue weighted by Crippen LogP contribution is 2.35. The minimum atomic E-state index is -4.91. The van der Waals surface area contributed by atoms with E-state index in [4.69, 9.17) is 5.73 Å². The molecule has 1 aromatic rings. The average molecular weight is 243 g/mol. The molecule has 1 rings (SSSR count). The third kappa shape index (κ3) is 2.66. The molecule has 0 amide bonds. The maximum atomic E-state index is 12.6. The lowest BCUT2D eigenvalue weighted by Gasteiger charge is -2.17. The summed E-state index contributed by atoms with van der Waals surface area (Å²) in [5.41, 5.74) is 2.63. The van der Waals surface area contributed by atoms with Crippen LogP contribution in [0.3, 0.4) is 0 Å². The molecule has 90 valence electrons. The quantitative estimate of drug-likeness (QED) is 0.793. The summed E-state index contributed by atoms with van der Waals surface area (Å²) < 4.78 is 74.2. The van der Waals surface area contributed by atoms with Gasteiger partial charge in [0.25, 0.3) is 6.43 Å². The summed E-state index contributed by atoms with van der Waals surface area (Å²) in [4.78, 5) is 0. The maximum absolute atomic E-state index is 12.6. The Kier molecular flexibility index (Phi) is 3.47. The predicted octanol–water partition coefficient (Wildman–Crippen LogP) is 3.11. The summed E-state index contributed by atoms with van der Waals surface area (Å²) >= 11 is 0. The van der Waals surface area contributed by atoms with Crippen LogP contribution in [0.5, 0.6) is 0 Å². The largest absolute Gasteiger partial charge is 0.416 e. The van der Waals surface area contributed by atoms with Crippen molar-refractivity contribution in [1.82, 2.24) is 0 Å². The molecule has 0 heterocycles. The molecular weight excluding hydrogens is 236 g/mol. The van der Waals surface area contributed by atoms with Crippen LogP contribution < -0.4 is 5.73 Å². The Balaban J connectivity index is 3.29. The molecule has 0 aliphatic carbocycles. The number of rotatable bonds is 2. The molecule has 1 atom stereocenters. The fraction of sp³-hybridized carbons (Fsp3) is 0.333. The number of hydrogen-bond donors (Lipinski definition) is 1. The van der Waals surface area contributed by atoms with Crippen LogP contribution in [0.25, 0.3) is 0 Å². The van der Waals surface area contributed by atoms with E-state index < -0.39 is 35.6 Å². The van der Waals surface area contributed by atoms with Crippen LogP contribution >= 0.6 is 0 Å². The van der Waals surface area contributed by atoms with E-state index in [1.807, 2.05) is 0 Å². The molecule has 1 aromatic carbocycles. The molecule has 0 aliphatic rings. The lowest BCUT2D eigenvalue weighted by atomic mass is 10.0. The minimum absolute atomic E-state index is 0.150. The van der Waals surface area contributed by atoms with Crippen molar-refractivity contribution in [2.24, 2.45) is 5.73 Å². The van der Waals surface area contributed by atoms with Crippen LogP contribution in [-0.4, -0.2) is 6.43 Å². The van der Waals surface area contributed by atoms with Gasteiger partial charge >= 0.3 is 6.18 Å². The molecule has 0 saturated carbocycles. The average Bonchev–Trinajstić information content (AvgIpc) is 2.15. The Bertz CT molecular complexity index is 373. The SMILES string of the molecule is NC(c1ccc(F)cc1C(F)(F)F)C(F)F. The van der Waals surface area contributed by atoms with Gasteiger partial charge in [-0.15, -0.1) is 0 Å². The highest BCUT2D eigenvalue weighted by atomic mass is 19.4. The summed E-state index contributed by atoms with van der Waals surface area (Å²) in [6, 6.07) is -0.656. The van der Waals surface area contributed by atoms with Crippen molar-refractivity contribution in [3.8, 4) is 0 Å². The fourth-order valence-electron chi connectivity index (χ4n) is 1.20. The van der Waals surface area contributed by atoms with Gasteiger partial charge in [0.2, 0.25) is 0 Å². The zero-order valence-electron chi connectivity index (χ0n) is 7.73. The topological polar surface area (TPSA) is 26.0 Å². The monoisotopic (exact) mass is 243 g/mol. The van der Waals surface area contributed by atoms with Crippen LogP contribution in [0, 0.1) is 5.82 Å². The van der Waals surface area contributed by atoms with Crippen molar-refractivity contribution in [3.05, 3.63) is 35.1 Å². The molecule has 0 radical (unpaired) electrons. The van der Waals surface area contributed by atoms with Crippen LogP contribution in [0.4, 0.5) is 26.3 Å². The van der Waals surface area contributed by atoms with Crippen molar-refractivity contribution in [2.45, 2.75) is 18.6 Å². The zero-order chi connectivity index (χ0) is 12.5. The molecule has 0 bridgehead atoms. The Labute approximate surface area is 86.9 Å². The first-order valence-electron chi connectivity index (χ1n) is 4.14. The maximum Gasteiger partial charge on any atom is 0.416 e. The Morgan fingerprint density at radius 1 is 1.12 bits per heavy atom. The summed E-state index contributed by atoms with van der Waals surface area (Å²) in [6.07, 6.45) is -8.06. The standard InChI is InChI=1S/C9H7F6N/c10-4-1-2-5(7(16)8(11)12)6(3-4)9(13,14)15/h1-3,7-8H,16H2. The lowest BCUT2D eigenvalue weighted by molar-refractivity contribution is -0.138. The molecule has 0 aromatic heterocycles. The first-order valence-corrected chi connectivity index (χ1v) is 4.14. The van der Waals surface area contributed by atoms with Gasteiger partial charge in [0, 0.05) is 0 Å². The van der Waals surface area contributed by atoms with Crippen molar-refractivity contribution in [1.29, 1.82) is 0 Å². The van der Waals surface area contributed by atoms with Gasteiger partial charge in [-0.1, -0.05) is 6.07 Å². The number of halogens is 6. The number of nitrogens with two attached hydrogens (primary N) is 1. The van der Waals surface area contributed by atoms with E-state index in [0.717, 1.165) is 0 Å². The third-order valence-corrected chi connectivity index (χ3v) is 1.95. The molecule has 1 unspecified atom stereocenters. The number of alkyl halides is 5. The second-order valence-electron chi connectivity index (χ2n) is 3.09. The third-order valence-electron chi connectivity index (χ3n) is 1.95. The van der Waals surface area contributed by atoms with Gasteiger partial charge in [-0.2, -0.15) is 13.2 Å². The molecule has 2 N–H and O–H groups in total. The Morgan fingerprint density at radius 2 is 1.69 bits per heavy atom. The fourth-order valence-corrected chi connectivity index (χ4v) is 1.20. The molecule has 0 spiro atoms. The minimum Gasteiger partial charge on any atom is -0.319 e. The van der Waals surface area contributed by atoms with E-state index in [0.29, 0.717) is 12.1 Å². The molecule has 0 saturated heterocycles. The van der Waals surface area contributed by atoms with E-state index in [1.165, 1.54) is 0 Å². The van der Waals surface area contributed by atoms with Gasteiger partial charge in [0.05, 0.1) is 11.6 Å². The van der Waals surface area contributed by atoms with E-state index in [9.17, 15) is 26.3 Å². The highest BCUT2D eigenvalue weighted by Gasteiger charge is 2.36. The van der Waals surface area contributed by atoms with Gasteiger partial charge in [0.15, 0.2) is 0 Å². The summed E-state index contributed by atoms with van der Waals surface area (Å²) in [6.45, 7) is 0. The van der Waals surface area contributed by atoms with Crippen LogP contribution in [0.2, 0.25) is 0 Å². The highest BCUT2D eigenvalue weighted by molar-refractivity contribution is 5.33. The van der Waals surface area contributed by atoms with Crippen LogP contribution in [0.15, 0.2) is 18.2 Å². The first kappa shape index (κ1) is 12.8. The van der Waals surface area contributed by atoms with Crippen molar-refractivity contribution in [3.63, 3.8) is 0 Å². The zero-order valence-corrected chi connectivity index (χ0v) is 7.73. The normalized spacial score (nSPS) is 14.2. The molecule has 0 fully saturated rings. The van der Waals surface area contributed by atoms with Gasteiger partial charge < -0.3 is 5.73 Å². The smallest absolute Gasteiger partial charge is 0.319 e. The van der Waals surface area contributed by atoms with Crippen LogP contribution in [-0.2, 0) is 6.18 Å². The van der Waals surface area contributed by atoms with E-state index in [-0.39, 0.29) is 6.07 Å². The number of benzene rings is 1. The molecule has 7 heteroatoms. The molecule has 16 heavy (non-hydrogen) atoms. The van der Waals surface area contributed by atoms with Crippen LogP contribution in [0.1, 0.15) is 17.2 Å². The lowest BCUT2D eigenvalue weighted by Crippen LogP contribution is -2.23. The van der Waals surface area contributed by atoms with E-state index in [1.54, 1.807) is 0 Å². The van der Waals surface area contributed by atoms with Crippen molar-refractivity contribution in [2.75, 3.05) is 0 Å². The van der Waals surface area contributed by atoms with E-state index >= 15 is 0 Å². The number of hydrogen-bond acceptors (Lipinski definition) is 1. The van der Waals surface area contributed by atoms with E-state index in [2.05, 4.69) is 0 Å². The Morgan fingerprint density at radius 3 is 2.12 bits per heavy atom. The van der Waals surface area contributed by atoms with Crippen molar-refractivity contribution < 1.29 is 26.3 Å². The second-order valence-corrected chi connectivity index (χ2v) is 3.09. The predicted molar refractivity (Wildman–Crippen MR) is 44.3 cm³/mol. The first-order chi connectivity index (χ1) is 7.23. The molecular formula is C9H7F6N. The second kappa shape index (κ2) is 4.32. The molecule has 1 nitrogen and oxygen atoms in total. The van der Waals surface area contributed by atoms with Gasteiger partial charge in [-0.3, -0.25) is 0 Å². The summed E-state index contributed by atoms with van der Waals surface area (Å²) in [7, 11) is 0. The molecule has 0 aliphatic heterocycles. The van der Waals surface area contributed by atoms with Gasteiger partial charge in [-0.05, 0) is 17.7 Å². The summed E-state index contributed by atoms with van der Waals surface area (Å²) in [5.74, 6) is -1.16. The van der Waals surface area contributed by atoms with Crippen molar-refractivity contribution >= 4 is 0 Å². The summed E-state index contributed by atoms with van der Waals surface area (Å²) in [5, 5.41) is 0. The Hall–Kier alpha value is -1.24.